The second-order valence-corrected chi connectivity index (χ2v) is 10.0. The number of carbonyl (C=O) groups excluding carboxylic acids is 1. The number of nitrogens with zero attached hydrogens (tertiary/aromatic N) is 3. The molecule has 0 saturated carbocycles. The van der Waals surface area contributed by atoms with Crippen molar-refractivity contribution in [2.24, 2.45) is 5.92 Å². The Bertz CT molecular complexity index is 1300. The number of aromatic nitrogens is 2. The van der Waals surface area contributed by atoms with E-state index >= 15 is 0 Å². The van der Waals surface area contributed by atoms with Crippen molar-refractivity contribution >= 4 is 17.2 Å². The summed E-state index contributed by atoms with van der Waals surface area (Å²) in [5, 5.41) is 8.58. The van der Waals surface area contributed by atoms with Gasteiger partial charge in [0, 0.05) is 33.7 Å². The normalized spacial score (nSPS) is 17.7. The van der Waals surface area contributed by atoms with Crippen LogP contribution in [-0.4, -0.2) is 53.4 Å². The molecule has 8 heteroatoms. The molecule has 174 valence electrons. The van der Waals surface area contributed by atoms with E-state index in [2.05, 4.69) is 13.8 Å². The largest absolute Gasteiger partial charge is 0.496 e. The van der Waals surface area contributed by atoms with E-state index in [1.54, 1.807) is 18.7 Å². The summed E-state index contributed by atoms with van der Waals surface area (Å²) in [4.78, 5) is 14.8. The van der Waals surface area contributed by atoms with Gasteiger partial charge in [-0.05, 0) is 42.3 Å². The highest BCUT2D eigenvalue weighted by atomic mass is 32.1. The maximum atomic E-state index is 13.9. The van der Waals surface area contributed by atoms with Crippen LogP contribution in [0.4, 0.5) is 0 Å². The quantitative estimate of drug-likeness (QED) is 0.528. The maximum absolute atomic E-state index is 13.9. The molecule has 2 aromatic heterocycles. The van der Waals surface area contributed by atoms with Crippen molar-refractivity contribution in [3.05, 3.63) is 45.8 Å². The van der Waals surface area contributed by atoms with E-state index in [1.807, 2.05) is 29.0 Å². The monoisotopic (exact) mass is 470 g/mol. The zero-order valence-electron chi connectivity index (χ0n) is 22.2. The number of thiophene rings is 1. The van der Waals surface area contributed by atoms with Gasteiger partial charge in [-0.2, -0.15) is 16.4 Å². The molecule has 0 N–H and O–H groups in total. The van der Waals surface area contributed by atoms with Crippen LogP contribution < -0.4 is 9.47 Å². The van der Waals surface area contributed by atoms with Crippen molar-refractivity contribution in [1.82, 2.24) is 14.7 Å². The van der Waals surface area contributed by atoms with Crippen LogP contribution in [0.15, 0.2) is 29.0 Å². The van der Waals surface area contributed by atoms with Crippen molar-refractivity contribution in [3.63, 3.8) is 0 Å². The standard InChI is InChI=1S/C25H29N3O4S/c1-15(2)8-16-9-18-21(10-20(16)30-5)32-11-19-22(24(29)27(4)25(3)13-31-14-25)26-28(23(18)19)17-6-7-33-12-17/h6-7,9-10,12,15H,8,11,13-14H2,1-5H3/i4D3. The van der Waals surface area contributed by atoms with Gasteiger partial charge in [0.05, 0.1) is 37.2 Å². The van der Waals surface area contributed by atoms with E-state index in [4.69, 9.17) is 23.4 Å². The molecule has 1 aromatic carbocycles. The molecule has 0 bridgehead atoms. The third-order valence-corrected chi connectivity index (χ3v) is 6.81. The molecule has 0 aliphatic carbocycles. The van der Waals surface area contributed by atoms with Gasteiger partial charge in [-0.1, -0.05) is 13.8 Å². The van der Waals surface area contributed by atoms with Crippen LogP contribution in [0.2, 0.25) is 0 Å². The predicted octanol–water partition coefficient (Wildman–Crippen LogP) is 4.56. The molecule has 4 heterocycles. The number of ether oxygens (including phenoxy) is 3. The number of amides is 1. The lowest BCUT2D eigenvalue weighted by atomic mass is 9.94. The molecule has 0 atom stereocenters. The molecule has 1 amide bonds. The number of methoxy groups -OCH3 is 1. The molecule has 0 spiro atoms. The zero-order valence-corrected chi connectivity index (χ0v) is 20.0. The molecule has 2 aliphatic rings. The number of carbonyl (C=O) groups is 1. The average Bonchev–Trinajstić information content (AvgIpc) is 3.44. The van der Waals surface area contributed by atoms with Gasteiger partial charge < -0.3 is 19.1 Å². The summed E-state index contributed by atoms with van der Waals surface area (Å²) in [6.07, 6.45) is 0.801. The molecule has 1 saturated heterocycles. The molecule has 33 heavy (non-hydrogen) atoms. The van der Waals surface area contributed by atoms with Gasteiger partial charge in [0.15, 0.2) is 5.69 Å². The molecular weight excluding hydrogens is 438 g/mol. The first-order valence-corrected chi connectivity index (χ1v) is 11.9. The highest BCUT2D eigenvalue weighted by Crippen LogP contribution is 2.44. The number of fused-ring (bicyclic) bond motifs is 3. The van der Waals surface area contributed by atoms with Gasteiger partial charge in [0.2, 0.25) is 0 Å². The molecule has 0 radical (unpaired) electrons. The summed E-state index contributed by atoms with van der Waals surface area (Å²) in [5.41, 5.74) is 3.05. The summed E-state index contributed by atoms with van der Waals surface area (Å²) in [6.45, 7) is 3.74. The van der Waals surface area contributed by atoms with Gasteiger partial charge in [-0.15, -0.1) is 0 Å². The van der Waals surface area contributed by atoms with E-state index in [9.17, 15) is 4.79 Å². The summed E-state index contributed by atoms with van der Waals surface area (Å²) in [6, 6.07) is 5.83. The number of likely N-dealkylation sites (N-methyl/N-ethyl adjacent to an activating group) is 1. The smallest absolute Gasteiger partial charge is 0.275 e. The van der Waals surface area contributed by atoms with Crippen molar-refractivity contribution in [1.29, 1.82) is 0 Å². The SMILES string of the molecule is [2H]C([2H])([2H])N(C(=O)c1nn(-c2ccsc2)c2c1COc1cc(OC)c(CC(C)C)cc1-2)C1(C)COC1. The van der Waals surface area contributed by atoms with Crippen LogP contribution >= 0.6 is 11.3 Å². The topological polar surface area (TPSA) is 65.8 Å². The lowest BCUT2D eigenvalue weighted by Gasteiger charge is -2.45. The van der Waals surface area contributed by atoms with E-state index in [0.717, 1.165) is 39.6 Å². The minimum absolute atomic E-state index is 0.0762. The van der Waals surface area contributed by atoms with Gasteiger partial charge in [0.25, 0.3) is 5.91 Å². The predicted molar refractivity (Wildman–Crippen MR) is 128 cm³/mol. The van der Waals surface area contributed by atoms with E-state index < -0.39 is 18.4 Å². The lowest BCUT2D eigenvalue weighted by molar-refractivity contribution is -0.108. The second-order valence-electron chi connectivity index (χ2n) is 9.25. The van der Waals surface area contributed by atoms with E-state index in [0.29, 0.717) is 17.2 Å². The van der Waals surface area contributed by atoms with E-state index in [1.165, 1.54) is 11.3 Å². The van der Waals surface area contributed by atoms with Crippen LogP contribution in [0.5, 0.6) is 11.5 Å². The fourth-order valence-electron chi connectivity index (χ4n) is 4.33. The lowest BCUT2D eigenvalue weighted by Crippen LogP contribution is -2.60. The van der Waals surface area contributed by atoms with Gasteiger partial charge in [-0.25, -0.2) is 4.68 Å². The minimum Gasteiger partial charge on any atom is -0.496 e. The van der Waals surface area contributed by atoms with Gasteiger partial charge >= 0.3 is 0 Å². The third-order valence-electron chi connectivity index (χ3n) is 6.14. The molecule has 2 aliphatic heterocycles. The molecule has 3 aromatic rings. The second kappa shape index (κ2) is 8.18. The number of benzene rings is 1. The Labute approximate surface area is 202 Å². The average molecular weight is 471 g/mol. The summed E-state index contributed by atoms with van der Waals surface area (Å²) in [7, 11) is 1.64. The zero-order chi connectivity index (χ0) is 25.8. The first-order chi connectivity index (χ1) is 17.0. The van der Waals surface area contributed by atoms with Crippen LogP contribution in [0.3, 0.4) is 0 Å². The molecule has 5 rings (SSSR count). The van der Waals surface area contributed by atoms with Gasteiger partial charge in [0.1, 0.15) is 18.1 Å². The molecular formula is C25H29N3O4S. The number of hydrogen-bond donors (Lipinski definition) is 0. The van der Waals surface area contributed by atoms with Crippen LogP contribution in [0.25, 0.3) is 16.9 Å². The first-order valence-electron chi connectivity index (χ1n) is 12.4. The highest BCUT2D eigenvalue weighted by molar-refractivity contribution is 7.08. The maximum Gasteiger partial charge on any atom is 0.275 e. The summed E-state index contributed by atoms with van der Waals surface area (Å²) in [5.74, 6) is 1.12. The van der Waals surface area contributed by atoms with Crippen LogP contribution in [-0.2, 0) is 17.8 Å². The van der Waals surface area contributed by atoms with Crippen molar-refractivity contribution in [2.45, 2.75) is 39.3 Å². The Morgan fingerprint density at radius 3 is 2.85 bits per heavy atom. The van der Waals surface area contributed by atoms with Crippen LogP contribution in [0, 0.1) is 5.92 Å². The molecule has 7 nitrogen and oxygen atoms in total. The Hall–Kier alpha value is -2.84. The fraction of sp³-hybridized carbons (Fsp3) is 0.440. The fourth-order valence-corrected chi connectivity index (χ4v) is 4.94. The Balaban J connectivity index is 1.71. The first kappa shape index (κ1) is 18.6. The number of rotatable bonds is 6. The van der Waals surface area contributed by atoms with Crippen molar-refractivity contribution in [2.75, 3.05) is 27.3 Å². The van der Waals surface area contributed by atoms with Crippen molar-refractivity contribution < 1.29 is 23.1 Å². The molecule has 0 unspecified atom stereocenters. The molecule has 1 fully saturated rings. The van der Waals surface area contributed by atoms with Crippen LogP contribution in [0.1, 0.15) is 46.5 Å². The minimum atomic E-state index is -2.65. The third kappa shape index (κ3) is 3.61. The van der Waals surface area contributed by atoms with E-state index in [-0.39, 0.29) is 25.5 Å². The Morgan fingerprint density at radius 1 is 1.42 bits per heavy atom. The van der Waals surface area contributed by atoms with Crippen molar-refractivity contribution in [3.8, 4) is 28.4 Å². The Kier molecular flexibility index (Phi) is 4.60. The summed E-state index contributed by atoms with van der Waals surface area (Å²) < 4.78 is 43.1. The summed E-state index contributed by atoms with van der Waals surface area (Å²) >= 11 is 1.52. The highest BCUT2D eigenvalue weighted by Gasteiger charge is 2.42. The number of hydrogen-bond acceptors (Lipinski definition) is 6. The van der Waals surface area contributed by atoms with Gasteiger partial charge in [-0.3, -0.25) is 4.79 Å². The Morgan fingerprint density at radius 2 is 2.24 bits per heavy atom.